The van der Waals surface area contributed by atoms with Gasteiger partial charge in [-0.2, -0.15) is 5.10 Å². The highest BCUT2D eigenvalue weighted by atomic mass is 16.6. The largest absolute Gasteiger partial charge is 0.365 e. The Morgan fingerprint density at radius 3 is 2.89 bits per heavy atom. The zero-order chi connectivity index (χ0) is 13.6. The van der Waals surface area contributed by atoms with Crippen molar-refractivity contribution in [3.8, 4) is 0 Å². The van der Waals surface area contributed by atoms with Gasteiger partial charge in [0.2, 0.25) is 0 Å². The van der Waals surface area contributed by atoms with Gasteiger partial charge < -0.3 is 4.90 Å². The molecule has 0 N–H and O–H groups in total. The quantitative estimate of drug-likeness (QED) is 0.614. The molecular formula is C13H16N4O2. The van der Waals surface area contributed by atoms with E-state index in [1.54, 1.807) is 23.0 Å². The Hall–Kier alpha value is -2.11. The molecule has 19 heavy (non-hydrogen) atoms. The molecule has 1 aromatic heterocycles. The lowest BCUT2D eigenvalue weighted by molar-refractivity contribution is -0.384. The Bertz CT molecular complexity index is 649. The van der Waals surface area contributed by atoms with Crippen LogP contribution in [0, 0.1) is 16.0 Å². The van der Waals surface area contributed by atoms with Crippen molar-refractivity contribution in [3.05, 3.63) is 28.4 Å². The maximum atomic E-state index is 11.3. The minimum Gasteiger partial charge on any atom is -0.365 e. The summed E-state index contributed by atoms with van der Waals surface area (Å²) in [5, 5.41) is 16.3. The molecule has 0 radical (unpaired) electrons. The zero-order valence-corrected chi connectivity index (χ0v) is 11.0. The van der Waals surface area contributed by atoms with Gasteiger partial charge in [-0.1, -0.05) is 6.92 Å². The number of hydrogen-bond donors (Lipinski definition) is 0. The first-order valence-corrected chi connectivity index (χ1v) is 6.42. The maximum Gasteiger partial charge on any atom is 0.293 e. The van der Waals surface area contributed by atoms with Gasteiger partial charge in [0.15, 0.2) is 0 Å². The number of benzene rings is 1. The summed E-state index contributed by atoms with van der Waals surface area (Å²) in [6.45, 7) is 3.92. The van der Waals surface area contributed by atoms with Crippen molar-refractivity contribution in [1.82, 2.24) is 9.78 Å². The van der Waals surface area contributed by atoms with E-state index in [4.69, 9.17) is 0 Å². The normalized spacial score (nSPS) is 19.3. The first-order chi connectivity index (χ1) is 9.08. The van der Waals surface area contributed by atoms with E-state index in [0.717, 1.165) is 36.1 Å². The second-order valence-corrected chi connectivity index (χ2v) is 5.23. The van der Waals surface area contributed by atoms with Gasteiger partial charge in [-0.3, -0.25) is 14.8 Å². The van der Waals surface area contributed by atoms with Crippen LogP contribution < -0.4 is 4.90 Å². The average molecular weight is 260 g/mol. The average Bonchev–Trinajstić information content (AvgIpc) is 2.95. The molecule has 1 atom stereocenters. The third-order valence-corrected chi connectivity index (χ3v) is 3.82. The molecule has 100 valence electrons. The van der Waals surface area contributed by atoms with Crippen LogP contribution in [0.2, 0.25) is 0 Å². The van der Waals surface area contributed by atoms with Crippen LogP contribution in [0.1, 0.15) is 13.3 Å². The minimum atomic E-state index is -0.301. The van der Waals surface area contributed by atoms with E-state index in [2.05, 4.69) is 16.9 Å². The van der Waals surface area contributed by atoms with Gasteiger partial charge in [-0.05, 0) is 18.4 Å². The van der Waals surface area contributed by atoms with Gasteiger partial charge in [-0.25, -0.2) is 0 Å². The van der Waals surface area contributed by atoms with Crippen molar-refractivity contribution >= 4 is 22.3 Å². The van der Waals surface area contributed by atoms with Crippen LogP contribution in [0.25, 0.3) is 10.9 Å². The third kappa shape index (κ3) is 1.83. The monoisotopic (exact) mass is 260 g/mol. The molecule has 6 nitrogen and oxygen atoms in total. The highest BCUT2D eigenvalue weighted by molar-refractivity contribution is 5.97. The molecule has 1 fully saturated rings. The third-order valence-electron chi connectivity index (χ3n) is 3.82. The smallest absolute Gasteiger partial charge is 0.293 e. The Morgan fingerprint density at radius 1 is 1.47 bits per heavy atom. The number of nitro benzene ring substituents is 1. The van der Waals surface area contributed by atoms with Crippen LogP contribution in [-0.2, 0) is 7.05 Å². The lowest BCUT2D eigenvalue weighted by Crippen LogP contribution is -2.20. The molecule has 3 rings (SSSR count). The predicted molar refractivity (Wildman–Crippen MR) is 73.4 cm³/mol. The number of anilines is 1. The fourth-order valence-electron chi connectivity index (χ4n) is 2.82. The van der Waals surface area contributed by atoms with E-state index < -0.39 is 0 Å². The zero-order valence-electron chi connectivity index (χ0n) is 11.0. The topological polar surface area (TPSA) is 64.2 Å². The van der Waals surface area contributed by atoms with Gasteiger partial charge in [0.25, 0.3) is 5.69 Å². The lowest BCUT2D eigenvalue weighted by atomic mass is 10.1. The van der Waals surface area contributed by atoms with E-state index >= 15 is 0 Å². The second kappa shape index (κ2) is 4.22. The summed E-state index contributed by atoms with van der Waals surface area (Å²) in [4.78, 5) is 13.1. The van der Waals surface area contributed by atoms with Crippen molar-refractivity contribution in [3.63, 3.8) is 0 Å². The number of nitro groups is 1. The molecular weight excluding hydrogens is 244 g/mol. The minimum absolute atomic E-state index is 0.176. The molecule has 0 bridgehead atoms. The molecule has 0 saturated carbocycles. The summed E-state index contributed by atoms with van der Waals surface area (Å²) in [5.41, 5.74) is 1.83. The van der Waals surface area contributed by atoms with Crippen molar-refractivity contribution in [2.75, 3.05) is 18.0 Å². The number of aryl methyl sites for hydroxylation is 1. The van der Waals surface area contributed by atoms with Crippen molar-refractivity contribution in [2.24, 2.45) is 13.0 Å². The molecule has 2 aromatic rings. The second-order valence-electron chi connectivity index (χ2n) is 5.23. The molecule has 6 heteroatoms. The van der Waals surface area contributed by atoms with Crippen molar-refractivity contribution in [1.29, 1.82) is 0 Å². The van der Waals surface area contributed by atoms with E-state index in [0.29, 0.717) is 5.92 Å². The molecule has 1 aliphatic rings. The van der Waals surface area contributed by atoms with Crippen molar-refractivity contribution < 1.29 is 4.92 Å². The van der Waals surface area contributed by atoms with Crippen LogP contribution in [-0.4, -0.2) is 27.8 Å². The van der Waals surface area contributed by atoms with Gasteiger partial charge >= 0.3 is 0 Å². The molecule has 1 aliphatic heterocycles. The number of aromatic nitrogens is 2. The maximum absolute atomic E-state index is 11.3. The Balaban J connectivity index is 2.23. The van der Waals surface area contributed by atoms with E-state index in [-0.39, 0.29) is 10.6 Å². The van der Waals surface area contributed by atoms with E-state index in [9.17, 15) is 10.1 Å². The molecule has 0 amide bonds. The highest BCUT2D eigenvalue weighted by Gasteiger charge is 2.28. The summed E-state index contributed by atoms with van der Waals surface area (Å²) < 4.78 is 1.75. The summed E-state index contributed by atoms with van der Waals surface area (Å²) in [6.07, 6.45) is 2.80. The summed E-state index contributed by atoms with van der Waals surface area (Å²) in [6, 6.07) is 3.35. The highest BCUT2D eigenvalue weighted by Crippen LogP contribution is 2.38. The van der Waals surface area contributed by atoms with Crippen LogP contribution >= 0.6 is 0 Å². The number of hydrogen-bond acceptors (Lipinski definition) is 4. The molecule has 1 aromatic carbocycles. The van der Waals surface area contributed by atoms with Crippen LogP contribution in [0.3, 0.4) is 0 Å². The molecule has 0 aliphatic carbocycles. The van der Waals surface area contributed by atoms with Gasteiger partial charge in [0.05, 0.1) is 22.0 Å². The summed E-state index contributed by atoms with van der Waals surface area (Å²) in [7, 11) is 1.85. The van der Waals surface area contributed by atoms with Gasteiger partial charge in [0.1, 0.15) is 5.69 Å². The van der Waals surface area contributed by atoms with E-state index in [1.807, 2.05) is 7.05 Å². The number of fused-ring (bicyclic) bond motifs is 1. The van der Waals surface area contributed by atoms with E-state index in [1.165, 1.54) is 0 Å². The predicted octanol–water partition coefficient (Wildman–Crippen LogP) is 2.33. The van der Waals surface area contributed by atoms with Gasteiger partial charge in [-0.15, -0.1) is 0 Å². The van der Waals surface area contributed by atoms with Crippen LogP contribution in [0.5, 0.6) is 0 Å². The standard InChI is InChI=1S/C13H16N4O2/c1-9-5-6-16(8-9)13-10-7-14-15(2)11(10)3-4-12(13)17(18)19/h3-4,7,9H,5-6,8H2,1-2H3/t9-/m0/s1. The van der Waals surface area contributed by atoms with Crippen LogP contribution in [0.15, 0.2) is 18.3 Å². The Labute approximate surface area is 110 Å². The van der Waals surface area contributed by atoms with Gasteiger partial charge in [0, 0.05) is 26.2 Å². The molecule has 0 unspecified atom stereocenters. The summed E-state index contributed by atoms with van der Waals surface area (Å²) >= 11 is 0. The van der Waals surface area contributed by atoms with Crippen LogP contribution in [0.4, 0.5) is 11.4 Å². The Kier molecular flexibility index (Phi) is 2.66. The molecule has 2 heterocycles. The first-order valence-electron chi connectivity index (χ1n) is 6.42. The Morgan fingerprint density at radius 2 is 2.26 bits per heavy atom. The number of nitrogens with zero attached hydrogens (tertiary/aromatic N) is 4. The first kappa shape index (κ1) is 12.0. The van der Waals surface area contributed by atoms with Crippen molar-refractivity contribution in [2.45, 2.75) is 13.3 Å². The number of rotatable bonds is 2. The molecule has 0 spiro atoms. The summed E-state index contributed by atoms with van der Waals surface area (Å²) in [5.74, 6) is 0.575. The SMILES string of the molecule is C[C@H]1CCN(c2c([N+](=O)[O-])ccc3c2cnn3C)C1. The fraction of sp³-hybridized carbons (Fsp3) is 0.462. The molecule has 1 saturated heterocycles. The lowest BCUT2D eigenvalue weighted by Gasteiger charge is -2.19. The fourth-order valence-corrected chi connectivity index (χ4v) is 2.82.